The molecule has 0 radical (unpaired) electrons. The van der Waals surface area contributed by atoms with Crippen molar-refractivity contribution in [3.8, 4) is 0 Å². The summed E-state index contributed by atoms with van der Waals surface area (Å²) in [6.07, 6.45) is 5.46. The van der Waals surface area contributed by atoms with Crippen LogP contribution in [0.1, 0.15) is 31.2 Å². The summed E-state index contributed by atoms with van der Waals surface area (Å²) < 4.78 is 0. The van der Waals surface area contributed by atoms with E-state index in [0.29, 0.717) is 11.4 Å². The van der Waals surface area contributed by atoms with Crippen LogP contribution >= 0.6 is 0 Å². The molecule has 10 N–H and O–H groups in total. The molecule has 0 fully saturated rings. The van der Waals surface area contributed by atoms with Crippen LogP contribution in [-0.2, 0) is 36.8 Å². The lowest BCUT2D eigenvalue weighted by Crippen LogP contribution is -2.57. The fourth-order valence-corrected chi connectivity index (χ4v) is 3.03. The Morgan fingerprint density at radius 3 is 1.97 bits per heavy atom. The van der Waals surface area contributed by atoms with Gasteiger partial charge in [-0.3, -0.25) is 24.0 Å². The minimum Gasteiger partial charge on any atom is -0.480 e. The topological polar surface area (TPSA) is 251 Å². The van der Waals surface area contributed by atoms with Gasteiger partial charge in [-0.05, 0) is 13.3 Å². The fraction of sp³-hybridized carbons (Fsp3) is 0.450. The summed E-state index contributed by atoms with van der Waals surface area (Å²) in [5, 5.41) is 16.3. The largest absolute Gasteiger partial charge is 0.480 e. The molecule has 2 rings (SSSR count). The second kappa shape index (κ2) is 12.8. The molecular weight excluding hydrogens is 462 g/mol. The van der Waals surface area contributed by atoms with Crippen LogP contribution in [-0.4, -0.2) is 78.8 Å². The first-order chi connectivity index (χ1) is 16.6. The third-order valence-corrected chi connectivity index (χ3v) is 4.98. The number of nitrogens with zero attached hydrogens (tertiary/aromatic N) is 2. The van der Waals surface area contributed by atoms with Gasteiger partial charge in [-0.1, -0.05) is 0 Å². The number of carbonyl (C=O) groups is 5. The normalized spacial score (nSPS) is 14.2. The zero-order chi connectivity index (χ0) is 26.0. The highest BCUT2D eigenvalue weighted by molar-refractivity contribution is 5.94. The highest BCUT2D eigenvalue weighted by atomic mass is 16.4. The number of amides is 4. The lowest BCUT2D eigenvalue weighted by molar-refractivity contribution is -0.141. The van der Waals surface area contributed by atoms with Crippen molar-refractivity contribution < 1.29 is 29.1 Å². The van der Waals surface area contributed by atoms with Gasteiger partial charge in [-0.25, -0.2) is 9.97 Å². The van der Waals surface area contributed by atoms with Crippen LogP contribution < -0.4 is 27.4 Å². The number of hydrogen-bond donors (Lipinski definition) is 8. The van der Waals surface area contributed by atoms with E-state index >= 15 is 0 Å². The summed E-state index contributed by atoms with van der Waals surface area (Å²) in [4.78, 5) is 74.1. The minimum absolute atomic E-state index is 0.0419. The lowest BCUT2D eigenvalue weighted by atomic mass is 10.1. The Balaban J connectivity index is 2.13. The van der Waals surface area contributed by atoms with E-state index < -0.39 is 53.8 Å². The molecule has 2 aromatic rings. The number of nitrogens with one attached hydrogen (secondary N) is 5. The molecule has 2 aromatic heterocycles. The first-order valence-corrected chi connectivity index (χ1v) is 10.7. The number of aliphatic carboxylic acids is 1. The average Bonchev–Trinajstić information content (AvgIpc) is 3.49. The second-order valence-electron chi connectivity index (χ2n) is 7.86. The summed E-state index contributed by atoms with van der Waals surface area (Å²) >= 11 is 0. The third-order valence-electron chi connectivity index (χ3n) is 4.98. The fourth-order valence-electron chi connectivity index (χ4n) is 3.03. The van der Waals surface area contributed by atoms with Crippen molar-refractivity contribution in [2.45, 2.75) is 56.8 Å². The van der Waals surface area contributed by atoms with Crippen LogP contribution in [0.3, 0.4) is 0 Å². The van der Waals surface area contributed by atoms with Crippen molar-refractivity contribution in [1.29, 1.82) is 0 Å². The molecule has 4 amide bonds. The van der Waals surface area contributed by atoms with Gasteiger partial charge >= 0.3 is 5.97 Å². The molecule has 0 bridgehead atoms. The number of hydrogen-bond acceptors (Lipinski definition) is 8. The summed E-state index contributed by atoms with van der Waals surface area (Å²) in [7, 11) is 0. The van der Waals surface area contributed by atoms with Crippen LogP contribution in [0.5, 0.6) is 0 Å². The second-order valence-corrected chi connectivity index (χ2v) is 7.86. The predicted octanol–water partition coefficient (Wildman–Crippen LogP) is -2.93. The van der Waals surface area contributed by atoms with Crippen molar-refractivity contribution in [2.75, 3.05) is 0 Å². The Morgan fingerprint density at radius 2 is 1.46 bits per heavy atom. The van der Waals surface area contributed by atoms with Gasteiger partial charge in [0.05, 0.1) is 18.7 Å². The van der Waals surface area contributed by atoms with E-state index in [9.17, 15) is 24.0 Å². The Hall–Kier alpha value is -4.27. The molecule has 190 valence electrons. The minimum atomic E-state index is -1.26. The Morgan fingerprint density at radius 1 is 0.914 bits per heavy atom. The van der Waals surface area contributed by atoms with E-state index in [4.69, 9.17) is 16.6 Å². The molecule has 0 saturated carbocycles. The molecule has 0 spiro atoms. The standard InChI is InChI=1S/C20H29N9O6/c1-10(20(34)35)27-19(33)15(5-12-7-24-9-26-12)29-18(32)14(2-3-16(22)30)28-17(31)13(21)4-11-6-23-8-25-11/h6-10,13-15H,2-5,21H2,1H3,(H2,22,30)(H,23,25)(H,24,26)(H,27,33)(H,28,31)(H,29,32)(H,34,35). The highest BCUT2D eigenvalue weighted by Crippen LogP contribution is 2.05. The first kappa shape index (κ1) is 27.0. The molecule has 0 aromatic carbocycles. The number of H-pyrrole nitrogens is 2. The van der Waals surface area contributed by atoms with Gasteiger partial charge in [0.1, 0.15) is 18.1 Å². The number of carbonyl (C=O) groups excluding carboxylic acids is 4. The zero-order valence-corrected chi connectivity index (χ0v) is 19.0. The van der Waals surface area contributed by atoms with Crippen LogP contribution in [0.25, 0.3) is 0 Å². The van der Waals surface area contributed by atoms with Crippen molar-refractivity contribution in [1.82, 2.24) is 35.9 Å². The Kier molecular flexibility index (Phi) is 9.89. The number of rotatable bonds is 14. The van der Waals surface area contributed by atoms with Crippen LogP contribution in [0.15, 0.2) is 25.0 Å². The van der Waals surface area contributed by atoms with Gasteiger partial charge < -0.3 is 42.5 Å². The number of aromatic nitrogens is 4. The predicted molar refractivity (Wildman–Crippen MR) is 120 cm³/mol. The van der Waals surface area contributed by atoms with Crippen LogP contribution in [0.4, 0.5) is 0 Å². The molecule has 0 aliphatic heterocycles. The van der Waals surface area contributed by atoms with Gasteiger partial charge in [0.15, 0.2) is 0 Å². The lowest BCUT2D eigenvalue weighted by Gasteiger charge is -2.24. The summed E-state index contributed by atoms with van der Waals surface area (Å²) in [6, 6.07) is -4.69. The van der Waals surface area contributed by atoms with Crippen molar-refractivity contribution >= 4 is 29.6 Å². The van der Waals surface area contributed by atoms with E-state index in [0.717, 1.165) is 0 Å². The number of imidazole rings is 2. The molecule has 0 aliphatic carbocycles. The first-order valence-electron chi connectivity index (χ1n) is 10.7. The van der Waals surface area contributed by atoms with Crippen LogP contribution in [0, 0.1) is 0 Å². The number of nitrogens with two attached hydrogens (primary N) is 2. The summed E-state index contributed by atoms with van der Waals surface area (Å²) in [5.41, 5.74) is 12.2. The average molecular weight is 492 g/mol. The SMILES string of the molecule is CC(NC(=O)C(Cc1cnc[nH]1)NC(=O)C(CCC(N)=O)NC(=O)C(N)Cc1cnc[nH]1)C(=O)O. The van der Waals surface area contributed by atoms with Crippen molar-refractivity contribution in [3.63, 3.8) is 0 Å². The van der Waals surface area contributed by atoms with Crippen molar-refractivity contribution in [3.05, 3.63) is 36.4 Å². The van der Waals surface area contributed by atoms with Crippen LogP contribution in [0.2, 0.25) is 0 Å². The maximum Gasteiger partial charge on any atom is 0.325 e. The quantitative estimate of drug-likeness (QED) is 0.134. The smallest absolute Gasteiger partial charge is 0.325 e. The molecule has 15 heteroatoms. The molecule has 35 heavy (non-hydrogen) atoms. The van der Waals surface area contributed by atoms with Gasteiger partial charge in [0.2, 0.25) is 23.6 Å². The van der Waals surface area contributed by atoms with E-state index in [-0.39, 0.29) is 25.7 Å². The maximum atomic E-state index is 13.0. The number of aromatic amines is 2. The highest BCUT2D eigenvalue weighted by Gasteiger charge is 2.30. The molecule has 4 atom stereocenters. The summed E-state index contributed by atoms with van der Waals surface area (Å²) in [5.74, 6) is -4.17. The number of carboxylic acids is 1. The monoisotopic (exact) mass is 491 g/mol. The molecule has 0 aliphatic rings. The van der Waals surface area contributed by atoms with Crippen molar-refractivity contribution in [2.24, 2.45) is 11.5 Å². The van der Waals surface area contributed by atoms with E-state index in [1.54, 1.807) is 0 Å². The van der Waals surface area contributed by atoms with Gasteiger partial charge in [0.25, 0.3) is 0 Å². The molecule has 0 saturated heterocycles. The Bertz CT molecular complexity index is 1010. The zero-order valence-electron chi connectivity index (χ0n) is 19.0. The van der Waals surface area contributed by atoms with E-state index in [2.05, 4.69) is 35.9 Å². The Labute approximate surface area is 199 Å². The van der Waals surface area contributed by atoms with E-state index in [1.807, 2.05) is 0 Å². The third kappa shape index (κ3) is 8.88. The van der Waals surface area contributed by atoms with Gasteiger partial charge in [-0.2, -0.15) is 0 Å². The van der Waals surface area contributed by atoms with Gasteiger partial charge in [0, 0.05) is 43.0 Å². The molecule has 15 nitrogen and oxygen atoms in total. The van der Waals surface area contributed by atoms with E-state index in [1.165, 1.54) is 32.0 Å². The van der Waals surface area contributed by atoms with Gasteiger partial charge in [-0.15, -0.1) is 0 Å². The summed E-state index contributed by atoms with van der Waals surface area (Å²) in [6.45, 7) is 1.27. The number of primary amides is 1. The number of carboxylic acid groups (broad SMARTS) is 1. The molecule has 2 heterocycles. The molecular formula is C20H29N9O6. The maximum absolute atomic E-state index is 13.0. The molecule has 4 unspecified atom stereocenters.